The van der Waals surface area contributed by atoms with Gasteiger partial charge in [0.2, 0.25) is 5.91 Å². The molecule has 1 aromatic rings. The van der Waals surface area contributed by atoms with Gasteiger partial charge in [0, 0.05) is 18.4 Å². The number of unbranched alkanes of at least 4 members (excludes halogenated alkanes) is 3. The maximum atomic E-state index is 11.9. The molecule has 0 aliphatic heterocycles. The summed E-state index contributed by atoms with van der Waals surface area (Å²) in [7, 11) is 0. The summed E-state index contributed by atoms with van der Waals surface area (Å²) >= 11 is 0. The van der Waals surface area contributed by atoms with Crippen molar-refractivity contribution in [2.75, 3.05) is 6.54 Å². The van der Waals surface area contributed by atoms with Gasteiger partial charge in [-0.05, 0) is 42.9 Å². The fraction of sp³-hybridized carbons (Fsp3) is 0.588. The quantitative estimate of drug-likeness (QED) is 0.761. The van der Waals surface area contributed by atoms with E-state index >= 15 is 0 Å². The Balaban J connectivity index is 0.00000161. The number of hydrogen-bond acceptors (Lipinski definition) is 2. The number of carbonyl (C=O) groups is 1. The summed E-state index contributed by atoms with van der Waals surface area (Å²) in [5.41, 5.74) is 8.40. The molecule has 3 unspecified atom stereocenters. The van der Waals surface area contributed by atoms with Gasteiger partial charge in [0.1, 0.15) is 0 Å². The molecule has 0 saturated heterocycles. The lowest BCUT2D eigenvalue weighted by Gasteiger charge is -2.09. The van der Waals surface area contributed by atoms with Crippen molar-refractivity contribution in [2.45, 2.75) is 50.5 Å². The number of hydrogen-bond donors (Lipinski definition) is 2. The summed E-state index contributed by atoms with van der Waals surface area (Å²) in [6.07, 6.45) is 6.14. The Morgan fingerprint density at radius 3 is 2.76 bits per heavy atom. The molecular formula is C17H25ClN2O. The molecule has 0 aromatic heterocycles. The fourth-order valence-corrected chi connectivity index (χ4v) is 3.59. The predicted molar refractivity (Wildman–Crippen MR) is 87.7 cm³/mol. The van der Waals surface area contributed by atoms with Crippen LogP contribution in [0.4, 0.5) is 0 Å². The number of halogens is 1. The van der Waals surface area contributed by atoms with Gasteiger partial charge >= 0.3 is 0 Å². The first-order chi connectivity index (χ1) is 9.81. The lowest BCUT2D eigenvalue weighted by molar-refractivity contribution is -0.121. The number of nitrogens with one attached hydrogen (secondary N) is 1. The second-order valence-electron chi connectivity index (χ2n) is 6.14. The van der Waals surface area contributed by atoms with E-state index < -0.39 is 0 Å². The number of amides is 1. The summed E-state index contributed by atoms with van der Waals surface area (Å²) in [6, 6.07) is 9.06. The van der Waals surface area contributed by atoms with Gasteiger partial charge in [-0.15, -0.1) is 12.4 Å². The van der Waals surface area contributed by atoms with Crippen LogP contribution in [-0.4, -0.2) is 18.5 Å². The minimum absolute atomic E-state index is 0. The zero-order chi connectivity index (χ0) is 13.9. The molecule has 2 aliphatic carbocycles. The molecule has 4 heteroatoms. The Kier molecular flexibility index (Phi) is 5.65. The van der Waals surface area contributed by atoms with Crippen LogP contribution in [0.15, 0.2) is 24.3 Å². The van der Waals surface area contributed by atoms with Gasteiger partial charge in [0.15, 0.2) is 0 Å². The van der Waals surface area contributed by atoms with Gasteiger partial charge in [-0.25, -0.2) is 0 Å². The van der Waals surface area contributed by atoms with Gasteiger partial charge in [0.05, 0.1) is 0 Å². The molecule has 1 saturated carbocycles. The molecule has 2 aliphatic rings. The zero-order valence-corrected chi connectivity index (χ0v) is 13.2. The highest BCUT2D eigenvalue weighted by Crippen LogP contribution is 2.56. The Hall–Kier alpha value is -1.06. The normalized spacial score (nSPS) is 24.7. The van der Waals surface area contributed by atoms with Crippen molar-refractivity contribution in [1.82, 2.24) is 5.32 Å². The van der Waals surface area contributed by atoms with E-state index in [4.69, 9.17) is 5.73 Å². The van der Waals surface area contributed by atoms with E-state index in [2.05, 4.69) is 29.6 Å². The monoisotopic (exact) mass is 308 g/mol. The van der Waals surface area contributed by atoms with Gasteiger partial charge in [0.25, 0.3) is 0 Å². The van der Waals surface area contributed by atoms with E-state index in [1.807, 2.05) is 0 Å². The average Bonchev–Trinajstić information content (AvgIpc) is 2.96. The van der Waals surface area contributed by atoms with Gasteiger partial charge in [-0.3, -0.25) is 4.79 Å². The number of benzene rings is 1. The lowest BCUT2D eigenvalue weighted by Crippen LogP contribution is -2.28. The molecule has 21 heavy (non-hydrogen) atoms. The molecule has 1 aromatic carbocycles. The van der Waals surface area contributed by atoms with Crippen molar-refractivity contribution in [3.63, 3.8) is 0 Å². The van der Waals surface area contributed by atoms with Gasteiger partial charge in [-0.2, -0.15) is 0 Å². The van der Waals surface area contributed by atoms with Crippen molar-refractivity contribution >= 4 is 18.3 Å². The second-order valence-corrected chi connectivity index (χ2v) is 6.14. The minimum atomic E-state index is 0. The Morgan fingerprint density at radius 1 is 1.19 bits per heavy atom. The van der Waals surface area contributed by atoms with Crippen LogP contribution in [0.5, 0.6) is 0 Å². The van der Waals surface area contributed by atoms with Crippen molar-refractivity contribution in [3.05, 3.63) is 35.4 Å². The van der Waals surface area contributed by atoms with E-state index in [1.54, 1.807) is 0 Å². The van der Waals surface area contributed by atoms with Crippen LogP contribution in [-0.2, 0) is 11.2 Å². The Labute approximate surface area is 133 Å². The van der Waals surface area contributed by atoms with E-state index in [0.29, 0.717) is 24.3 Å². The number of rotatable bonds is 7. The molecule has 1 fully saturated rings. The van der Waals surface area contributed by atoms with Gasteiger partial charge in [-0.1, -0.05) is 37.1 Å². The van der Waals surface area contributed by atoms with E-state index in [0.717, 1.165) is 38.6 Å². The van der Waals surface area contributed by atoms with E-state index in [-0.39, 0.29) is 18.3 Å². The number of fused-ring (bicyclic) bond motifs is 3. The highest BCUT2D eigenvalue weighted by molar-refractivity contribution is 5.85. The summed E-state index contributed by atoms with van der Waals surface area (Å²) < 4.78 is 0. The van der Waals surface area contributed by atoms with Crippen LogP contribution in [0.3, 0.4) is 0 Å². The van der Waals surface area contributed by atoms with E-state index in [9.17, 15) is 4.79 Å². The SMILES string of the molecule is Cl.NCCCCCCC(=O)NC1C2Cc3ccccc3C21. The first kappa shape index (κ1) is 16.3. The molecule has 0 radical (unpaired) electrons. The van der Waals surface area contributed by atoms with Crippen molar-refractivity contribution in [2.24, 2.45) is 11.7 Å². The van der Waals surface area contributed by atoms with Crippen LogP contribution >= 0.6 is 12.4 Å². The summed E-state index contributed by atoms with van der Waals surface area (Å²) in [6.45, 7) is 0.761. The molecule has 0 bridgehead atoms. The number of nitrogens with two attached hydrogens (primary N) is 1. The molecule has 3 N–H and O–H groups in total. The average molecular weight is 309 g/mol. The van der Waals surface area contributed by atoms with Crippen LogP contribution < -0.4 is 11.1 Å². The van der Waals surface area contributed by atoms with Gasteiger partial charge < -0.3 is 11.1 Å². The van der Waals surface area contributed by atoms with Crippen molar-refractivity contribution in [1.29, 1.82) is 0 Å². The maximum Gasteiger partial charge on any atom is 0.220 e. The molecule has 3 rings (SSSR count). The smallest absolute Gasteiger partial charge is 0.220 e. The zero-order valence-electron chi connectivity index (χ0n) is 12.4. The molecular weight excluding hydrogens is 284 g/mol. The predicted octanol–water partition coefficient (Wildman–Crippen LogP) is 2.77. The Bertz CT molecular complexity index is 491. The Morgan fingerprint density at radius 2 is 1.95 bits per heavy atom. The fourth-order valence-electron chi connectivity index (χ4n) is 3.59. The summed E-state index contributed by atoms with van der Waals surface area (Å²) in [5, 5.41) is 3.22. The van der Waals surface area contributed by atoms with Crippen LogP contribution in [0, 0.1) is 5.92 Å². The molecule has 116 valence electrons. The largest absolute Gasteiger partial charge is 0.352 e. The number of carbonyl (C=O) groups excluding carboxylic acids is 1. The minimum Gasteiger partial charge on any atom is -0.352 e. The topological polar surface area (TPSA) is 55.1 Å². The lowest BCUT2D eigenvalue weighted by atomic mass is 10.1. The van der Waals surface area contributed by atoms with Crippen LogP contribution in [0.2, 0.25) is 0 Å². The molecule has 1 amide bonds. The summed E-state index contributed by atoms with van der Waals surface area (Å²) in [5.74, 6) is 1.48. The molecule has 0 spiro atoms. The maximum absolute atomic E-state index is 11.9. The highest BCUT2D eigenvalue weighted by Gasteiger charge is 2.56. The van der Waals surface area contributed by atoms with Crippen LogP contribution in [0.25, 0.3) is 0 Å². The standard InChI is InChI=1S/C17H24N2O.ClH/c18-10-6-2-1-3-9-15(20)19-17-14-11-12-7-4-5-8-13(12)16(14)17;/h4-5,7-8,14,16-17H,1-3,6,9-11,18H2,(H,19,20);1H. The van der Waals surface area contributed by atoms with Crippen LogP contribution in [0.1, 0.15) is 49.1 Å². The first-order valence-corrected chi connectivity index (χ1v) is 7.88. The first-order valence-electron chi connectivity index (χ1n) is 7.88. The molecule has 3 atom stereocenters. The second kappa shape index (κ2) is 7.28. The van der Waals surface area contributed by atoms with E-state index in [1.165, 1.54) is 11.1 Å². The third kappa shape index (κ3) is 3.58. The van der Waals surface area contributed by atoms with Crippen molar-refractivity contribution in [3.8, 4) is 0 Å². The third-order valence-corrected chi connectivity index (χ3v) is 4.72. The highest BCUT2D eigenvalue weighted by atomic mass is 35.5. The summed E-state index contributed by atoms with van der Waals surface area (Å²) in [4.78, 5) is 11.9. The third-order valence-electron chi connectivity index (χ3n) is 4.72. The molecule has 0 heterocycles. The van der Waals surface area contributed by atoms with Crippen molar-refractivity contribution < 1.29 is 4.79 Å². The molecule has 3 nitrogen and oxygen atoms in total.